The second kappa shape index (κ2) is 4.82. The number of hydrogen-bond donors (Lipinski definition) is 0. The molecule has 2 heterocycles. The zero-order valence-corrected chi connectivity index (χ0v) is 13.2. The Bertz CT molecular complexity index is 561. The average molecular weight is 289 g/mol. The molecule has 4 nitrogen and oxygen atoms in total. The SMILES string of the molecule is Cc1ccc(C(=O)N2CC3(COC(C)(C)OC3)C2)cc1C. The lowest BCUT2D eigenvalue weighted by Gasteiger charge is -2.54. The van der Waals surface area contributed by atoms with E-state index in [1.807, 2.05) is 43.9 Å². The number of aryl methyl sites for hydroxylation is 2. The third-order valence-corrected chi connectivity index (χ3v) is 4.55. The maximum Gasteiger partial charge on any atom is 0.253 e. The number of nitrogens with zero attached hydrogens (tertiary/aromatic N) is 1. The van der Waals surface area contributed by atoms with Gasteiger partial charge in [0.1, 0.15) is 0 Å². The van der Waals surface area contributed by atoms with Crippen molar-refractivity contribution in [1.29, 1.82) is 0 Å². The van der Waals surface area contributed by atoms with Crippen LogP contribution in [0.4, 0.5) is 0 Å². The molecule has 21 heavy (non-hydrogen) atoms. The first-order valence-corrected chi connectivity index (χ1v) is 7.45. The van der Waals surface area contributed by atoms with Crippen LogP contribution in [0.3, 0.4) is 0 Å². The summed E-state index contributed by atoms with van der Waals surface area (Å²) >= 11 is 0. The molecule has 2 fully saturated rings. The Labute approximate surface area is 126 Å². The molecular formula is C17H23NO3. The average Bonchev–Trinajstić information content (AvgIpc) is 2.39. The lowest BCUT2D eigenvalue weighted by Crippen LogP contribution is -2.65. The molecule has 0 unspecified atom stereocenters. The molecule has 0 aromatic heterocycles. The van der Waals surface area contributed by atoms with Crippen LogP contribution in [0.25, 0.3) is 0 Å². The minimum Gasteiger partial charge on any atom is -0.350 e. The van der Waals surface area contributed by atoms with Gasteiger partial charge in [0.15, 0.2) is 5.79 Å². The summed E-state index contributed by atoms with van der Waals surface area (Å²) in [5.74, 6) is -0.391. The lowest BCUT2D eigenvalue weighted by molar-refractivity contribution is -0.301. The van der Waals surface area contributed by atoms with Crippen LogP contribution in [0.2, 0.25) is 0 Å². The van der Waals surface area contributed by atoms with Gasteiger partial charge >= 0.3 is 0 Å². The van der Waals surface area contributed by atoms with Gasteiger partial charge < -0.3 is 14.4 Å². The van der Waals surface area contributed by atoms with E-state index in [2.05, 4.69) is 6.92 Å². The highest BCUT2D eigenvalue weighted by atomic mass is 16.7. The predicted octanol–water partition coefficient (Wildman–Crippen LogP) is 2.53. The van der Waals surface area contributed by atoms with Crippen molar-refractivity contribution in [2.75, 3.05) is 26.3 Å². The lowest BCUT2D eigenvalue weighted by atomic mass is 9.80. The minimum atomic E-state index is -0.496. The first-order valence-electron chi connectivity index (χ1n) is 7.45. The number of carbonyl (C=O) groups excluding carboxylic acids is 1. The van der Waals surface area contributed by atoms with E-state index in [0.29, 0.717) is 13.2 Å². The van der Waals surface area contributed by atoms with Gasteiger partial charge in [0.2, 0.25) is 0 Å². The molecular weight excluding hydrogens is 266 g/mol. The fourth-order valence-corrected chi connectivity index (χ4v) is 2.88. The third kappa shape index (κ3) is 2.70. The van der Waals surface area contributed by atoms with Crippen LogP contribution in [0.15, 0.2) is 18.2 Å². The maximum atomic E-state index is 12.5. The smallest absolute Gasteiger partial charge is 0.253 e. The largest absolute Gasteiger partial charge is 0.350 e. The molecule has 0 atom stereocenters. The summed E-state index contributed by atoms with van der Waals surface area (Å²) in [6, 6.07) is 5.89. The van der Waals surface area contributed by atoms with Gasteiger partial charge in [-0.3, -0.25) is 4.79 Å². The van der Waals surface area contributed by atoms with Crippen LogP contribution in [0.1, 0.15) is 35.3 Å². The Morgan fingerprint density at radius 3 is 2.29 bits per heavy atom. The van der Waals surface area contributed by atoms with Crippen LogP contribution in [0.5, 0.6) is 0 Å². The molecule has 1 aromatic carbocycles. The normalized spacial score (nSPS) is 23.0. The fourth-order valence-electron chi connectivity index (χ4n) is 2.88. The van der Waals surface area contributed by atoms with E-state index in [1.165, 1.54) is 5.56 Å². The zero-order chi connectivity index (χ0) is 15.3. The zero-order valence-electron chi connectivity index (χ0n) is 13.2. The van der Waals surface area contributed by atoms with Gasteiger partial charge in [-0.15, -0.1) is 0 Å². The molecule has 1 aromatic rings. The van der Waals surface area contributed by atoms with Gasteiger partial charge in [-0.1, -0.05) is 6.07 Å². The molecule has 114 valence electrons. The first kappa shape index (κ1) is 14.5. The number of amides is 1. The third-order valence-electron chi connectivity index (χ3n) is 4.55. The Balaban J connectivity index is 1.63. The van der Waals surface area contributed by atoms with Gasteiger partial charge in [-0.2, -0.15) is 0 Å². The van der Waals surface area contributed by atoms with Crippen molar-refractivity contribution in [2.24, 2.45) is 5.41 Å². The van der Waals surface area contributed by atoms with Gasteiger partial charge in [0.25, 0.3) is 5.91 Å². The highest BCUT2D eigenvalue weighted by Gasteiger charge is 2.50. The quantitative estimate of drug-likeness (QED) is 0.797. The number of rotatable bonds is 1. The van der Waals surface area contributed by atoms with Crippen LogP contribution in [-0.4, -0.2) is 42.9 Å². The Hall–Kier alpha value is -1.39. The van der Waals surface area contributed by atoms with Crippen molar-refractivity contribution in [2.45, 2.75) is 33.5 Å². The molecule has 2 aliphatic rings. The molecule has 0 radical (unpaired) electrons. The van der Waals surface area contributed by atoms with E-state index in [9.17, 15) is 4.79 Å². The summed E-state index contributed by atoms with van der Waals surface area (Å²) in [5, 5.41) is 0. The second-order valence-corrected chi connectivity index (χ2v) is 6.94. The van der Waals surface area contributed by atoms with Crippen LogP contribution in [0, 0.1) is 19.3 Å². The summed E-state index contributed by atoms with van der Waals surface area (Å²) < 4.78 is 11.5. The van der Waals surface area contributed by atoms with E-state index < -0.39 is 5.79 Å². The highest BCUT2D eigenvalue weighted by molar-refractivity contribution is 5.95. The van der Waals surface area contributed by atoms with Crippen LogP contribution in [-0.2, 0) is 9.47 Å². The number of hydrogen-bond acceptors (Lipinski definition) is 3. The molecule has 4 heteroatoms. The van der Waals surface area contributed by atoms with Crippen molar-refractivity contribution in [3.05, 3.63) is 34.9 Å². The van der Waals surface area contributed by atoms with Gasteiger partial charge in [-0.25, -0.2) is 0 Å². The van der Waals surface area contributed by atoms with Crippen molar-refractivity contribution in [1.82, 2.24) is 4.90 Å². The van der Waals surface area contributed by atoms with Gasteiger partial charge in [0.05, 0.1) is 18.6 Å². The van der Waals surface area contributed by atoms with Gasteiger partial charge in [-0.05, 0) is 51.0 Å². The Morgan fingerprint density at radius 2 is 1.71 bits per heavy atom. The molecule has 3 rings (SSSR count). The van der Waals surface area contributed by atoms with E-state index >= 15 is 0 Å². The molecule has 0 bridgehead atoms. The maximum absolute atomic E-state index is 12.5. The monoisotopic (exact) mass is 289 g/mol. The highest BCUT2D eigenvalue weighted by Crippen LogP contribution is 2.38. The molecule has 2 aliphatic heterocycles. The number of benzene rings is 1. The Morgan fingerprint density at radius 1 is 1.10 bits per heavy atom. The van der Waals surface area contributed by atoms with Crippen molar-refractivity contribution < 1.29 is 14.3 Å². The summed E-state index contributed by atoms with van der Waals surface area (Å²) in [5.41, 5.74) is 3.13. The van der Waals surface area contributed by atoms with Gasteiger partial charge in [0, 0.05) is 18.7 Å². The standard InChI is InChI=1S/C17H23NO3/c1-12-5-6-14(7-13(12)2)15(19)18-8-17(9-18)10-20-16(3,4)21-11-17/h5-7H,8-11H2,1-4H3. The van der Waals surface area contributed by atoms with Crippen LogP contribution >= 0.6 is 0 Å². The summed E-state index contributed by atoms with van der Waals surface area (Å²) in [7, 11) is 0. The summed E-state index contributed by atoms with van der Waals surface area (Å²) in [6.45, 7) is 10.7. The predicted molar refractivity (Wildman–Crippen MR) is 80.2 cm³/mol. The van der Waals surface area contributed by atoms with Crippen molar-refractivity contribution in [3.8, 4) is 0 Å². The molecule has 0 saturated carbocycles. The van der Waals surface area contributed by atoms with Crippen molar-refractivity contribution in [3.63, 3.8) is 0 Å². The summed E-state index contributed by atoms with van der Waals surface area (Å²) in [6.07, 6.45) is 0. The molecule has 1 spiro atoms. The molecule has 1 amide bonds. The van der Waals surface area contributed by atoms with Crippen LogP contribution < -0.4 is 0 Å². The van der Waals surface area contributed by atoms with E-state index in [1.54, 1.807) is 0 Å². The summed E-state index contributed by atoms with van der Waals surface area (Å²) in [4.78, 5) is 14.4. The van der Waals surface area contributed by atoms with E-state index in [0.717, 1.165) is 24.2 Å². The Kier molecular flexibility index (Phi) is 3.34. The number of carbonyl (C=O) groups is 1. The number of likely N-dealkylation sites (tertiary alicyclic amines) is 1. The number of ether oxygens (including phenoxy) is 2. The fraction of sp³-hybridized carbons (Fsp3) is 0.588. The topological polar surface area (TPSA) is 38.8 Å². The minimum absolute atomic E-state index is 0.00901. The first-order chi connectivity index (χ1) is 9.80. The molecule has 0 aliphatic carbocycles. The second-order valence-electron chi connectivity index (χ2n) is 6.94. The van der Waals surface area contributed by atoms with Crippen molar-refractivity contribution >= 4 is 5.91 Å². The molecule has 2 saturated heterocycles. The molecule has 0 N–H and O–H groups in total. The van der Waals surface area contributed by atoms with E-state index in [-0.39, 0.29) is 11.3 Å². The van der Waals surface area contributed by atoms with E-state index in [4.69, 9.17) is 9.47 Å².